The molecule has 0 unspecified atom stereocenters. The summed E-state index contributed by atoms with van der Waals surface area (Å²) in [5.41, 5.74) is 0. The normalized spacial score (nSPS) is 27.7. The van der Waals surface area contributed by atoms with Gasteiger partial charge in [-0.05, 0) is 12.8 Å². The molecule has 0 saturated carbocycles. The Labute approximate surface area is 122 Å². The first-order chi connectivity index (χ1) is 9.58. The molecule has 0 aromatic rings. The third-order valence-electron chi connectivity index (χ3n) is 3.58. The summed E-state index contributed by atoms with van der Waals surface area (Å²) in [6.45, 7) is 0.405. The largest absolute Gasteiger partial charge is 0.448 e. The minimum atomic E-state index is -0.501. The number of rotatable bonds is 6. The number of carbonyl (C=O) groups excluding carboxylic acids is 2. The molecule has 0 aromatic heterocycles. The van der Waals surface area contributed by atoms with E-state index in [0.29, 0.717) is 17.9 Å². The first-order valence-corrected chi connectivity index (χ1v) is 7.96. The smallest absolute Gasteiger partial charge is 0.423 e. The lowest BCUT2D eigenvalue weighted by Gasteiger charge is -2.16. The summed E-state index contributed by atoms with van der Waals surface area (Å²) in [6.07, 6.45) is 3.51. The van der Waals surface area contributed by atoms with Gasteiger partial charge in [-0.2, -0.15) is 11.8 Å². The molecular formula is C12H22N4O3S. The SMILES string of the molecule is CN(N)C(=O)OCCCCC[C@@H]1SC[C@@H]2NC(=O)N[C@@H]21. The quantitative estimate of drug-likeness (QED) is 0.220. The molecule has 2 aliphatic rings. The maximum atomic E-state index is 11.2. The number of hydrogen-bond acceptors (Lipinski definition) is 5. The third kappa shape index (κ3) is 3.92. The minimum absolute atomic E-state index is 0.0388. The Morgan fingerprint density at radius 1 is 1.45 bits per heavy atom. The molecule has 0 aliphatic carbocycles. The summed E-state index contributed by atoms with van der Waals surface area (Å²) in [7, 11) is 1.46. The van der Waals surface area contributed by atoms with Gasteiger partial charge in [-0.25, -0.2) is 20.4 Å². The molecule has 2 aliphatic heterocycles. The van der Waals surface area contributed by atoms with Gasteiger partial charge in [0.1, 0.15) is 0 Å². The second-order valence-corrected chi connectivity index (χ2v) is 6.47. The van der Waals surface area contributed by atoms with Crippen molar-refractivity contribution in [2.75, 3.05) is 19.4 Å². The van der Waals surface area contributed by atoms with E-state index < -0.39 is 6.09 Å². The van der Waals surface area contributed by atoms with E-state index in [9.17, 15) is 9.59 Å². The first kappa shape index (κ1) is 15.2. The van der Waals surface area contributed by atoms with Crippen LogP contribution in [-0.2, 0) is 4.74 Å². The molecular weight excluding hydrogens is 280 g/mol. The number of amides is 3. The highest BCUT2D eigenvalue weighted by Gasteiger charge is 2.42. The monoisotopic (exact) mass is 302 g/mol. The highest BCUT2D eigenvalue weighted by molar-refractivity contribution is 8.00. The van der Waals surface area contributed by atoms with Crippen molar-refractivity contribution in [1.82, 2.24) is 15.6 Å². The van der Waals surface area contributed by atoms with Crippen molar-refractivity contribution in [1.29, 1.82) is 0 Å². The molecule has 3 atom stereocenters. The molecule has 2 heterocycles. The molecule has 0 spiro atoms. The fourth-order valence-electron chi connectivity index (χ4n) is 2.53. The second-order valence-electron chi connectivity index (χ2n) is 5.20. The summed E-state index contributed by atoms with van der Waals surface area (Å²) < 4.78 is 4.95. The number of fused-ring (bicyclic) bond motifs is 1. The number of nitrogens with two attached hydrogens (primary N) is 1. The summed E-state index contributed by atoms with van der Waals surface area (Å²) in [4.78, 5) is 22.3. The molecule has 2 rings (SSSR count). The van der Waals surface area contributed by atoms with Crippen LogP contribution in [-0.4, -0.2) is 53.9 Å². The van der Waals surface area contributed by atoms with Crippen LogP contribution >= 0.6 is 11.8 Å². The van der Waals surface area contributed by atoms with Gasteiger partial charge >= 0.3 is 12.1 Å². The van der Waals surface area contributed by atoms with Crippen LogP contribution in [0.25, 0.3) is 0 Å². The van der Waals surface area contributed by atoms with Crippen molar-refractivity contribution in [3.8, 4) is 0 Å². The van der Waals surface area contributed by atoms with Gasteiger partial charge in [-0.15, -0.1) is 0 Å². The Morgan fingerprint density at radius 2 is 2.25 bits per heavy atom. The van der Waals surface area contributed by atoms with Gasteiger partial charge in [0, 0.05) is 18.1 Å². The predicted molar refractivity (Wildman–Crippen MR) is 77.3 cm³/mol. The second kappa shape index (κ2) is 7.03. The van der Waals surface area contributed by atoms with Gasteiger partial charge in [0.25, 0.3) is 0 Å². The standard InChI is InChI=1S/C12H22N4O3S/c1-16(13)12(18)19-6-4-2-3-5-9-10-8(7-20-9)14-11(17)15-10/h8-10H,2-7,13H2,1H3,(H2,14,15,17)/t8-,9-,10-/m0/s1. The predicted octanol–water partition coefficient (Wildman–Crippen LogP) is 0.654. The van der Waals surface area contributed by atoms with Crippen LogP contribution in [0.15, 0.2) is 0 Å². The van der Waals surface area contributed by atoms with Crippen molar-refractivity contribution >= 4 is 23.9 Å². The van der Waals surface area contributed by atoms with Crippen molar-refractivity contribution in [2.45, 2.75) is 43.0 Å². The number of hydrazine groups is 1. The molecule has 0 aromatic carbocycles. The van der Waals surface area contributed by atoms with Crippen molar-refractivity contribution in [2.24, 2.45) is 5.84 Å². The van der Waals surface area contributed by atoms with Crippen LogP contribution in [0, 0.1) is 0 Å². The number of ether oxygens (including phenoxy) is 1. The average Bonchev–Trinajstić information content (AvgIpc) is 2.93. The number of thioether (sulfide) groups is 1. The van der Waals surface area contributed by atoms with Crippen LogP contribution in [0.5, 0.6) is 0 Å². The fourth-order valence-corrected chi connectivity index (χ4v) is 4.07. The first-order valence-electron chi connectivity index (χ1n) is 6.91. The Kier molecular flexibility index (Phi) is 5.36. The van der Waals surface area contributed by atoms with Gasteiger partial charge < -0.3 is 15.4 Å². The zero-order chi connectivity index (χ0) is 14.5. The van der Waals surface area contributed by atoms with E-state index in [1.807, 2.05) is 11.8 Å². The van der Waals surface area contributed by atoms with E-state index >= 15 is 0 Å². The number of hydrogen-bond donors (Lipinski definition) is 3. The van der Waals surface area contributed by atoms with Crippen molar-refractivity contribution in [3.05, 3.63) is 0 Å². The van der Waals surface area contributed by atoms with Crippen molar-refractivity contribution < 1.29 is 14.3 Å². The van der Waals surface area contributed by atoms with Gasteiger partial charge in [-0.3, -0.25) is 0 Å². The Morgan fingerprint density at radius 3 is 3.00 bits per heavy atom. The summed E-state index contributed by atoms with van der Waals surface area (Å²) in [5.74, 6) is 6.23. The zero-order valence-corrected chi connectivity index (χ0v) is 12.4. The zero-order valence-electron chi connectivity index (χ0n) is 11.6. The molecule has 2 saturated heterocycles. The van der Waals surface area contributed by atoms with Crippen LogP contribution in [0.3, 0.4) is 0 Å². The van der Waals surface area contributed by atoms with E-state index in [1.54, 1.807) is 0 Å². The maximum Gasteiger partial charge on any atom is 0.423 e. The van der Waals surface area contributed by atoms with E-state index in [2.05, 4.69) is 10.6 Å². The lowest BCUT2D eigenvalue weighted by atomic mass is 10.0. The van der Waals surface area contributed by atoms with Crippen LogP contribution in [0.4, 0.5) is 9.59 Å². The highest BCUT2D eigenvalue weighted by Crippen LogP contribution is 2.33. The minimum Gasteiger partial charge on any atom is -0.448 e. The molecule has 7 nitrogen and oxygen atoms in total. The summed E-state index contributed by atoms with van der Waals surface area (Å²) in [5, 5.41) is 7.35. The number of urea groups is 1. The van der Waals surface area contributed by atoms with Gasteiger partial charge in [0.05, 0.1) is 18.7 Å². The Bertz CT molecular complexity index is 367. The lowest BCUT2D eigenvalue weighted by molar-refractivity contribution is 0.109. The maximum absolute atomic E-state index is 11.2. The van der Waals surface area contributed by atoms with E-state index in [1.165, 1.54) is 7.05 Å². The molecule has 3 amide bonds. The van der Waals surface area contributed by atoms with E-state index in [0.717, 1.165) is 36.4 Å². The fraction of sp³-hybridized carbons (Fsp3) is 0.833. The Balaban J connectivity index is 1.54. The van der Waals surface area contributed by atoms with Crippen LogP contribution in [0.2, 0.25) is 0 Å². The number of nitrogens with one attached hydrogen (secondary N) is 2. The third-order valence-corrected chi connectivity index (χ3v) is 5.09. The van der Waals surface area contributed by atoms with Crippen LogP contribution < -0.4 is 16.5 Å². The molecule has 0 radical (unpaired) electrons. The molecule has 4 N–H and O–H groups in total. The molecule has 114 valence electrons. The Hall–Kier alpha value is -1.15. The molecule has 0 bridgehead atoms. The molecule has 8 heteroatoms. The van der Waals surface area contributed by atoms with Gasteiger partial charge in [0.15, 0.2) is 0 Å². The number of carbonyl (C=O) groups is 2. The average molecular weight is 302 g/mol. The highest BCUT2D eigenvalue weighted by atomic mass is 32.2. The molecule has 20 heavy (non-hydrogen) atoms. The van der Waals surface area contributed by atoms with Crippen molar-refractivity contribution in [3.63, 3.8) is 0 Å². The van der Waals surface area contributed by atoms with E-state index in [-0.39, 0.29) is 12.1 Å². The van der Waals surface area contributed by atoms with Crippen LogP contribution in [0.1, 0.15) is 25.7 Å². The molecule has 2 fully saturated rings. The van der Waals surface area contributed by atoms with Gasteiger partial charge in [-0.1, -0.05) is 12.8 Å². The lowest BCUT2D eigenvalue weighted by Crippen LogP contribution is -2.36. The number of unbranched alkanes of at least 4 members (excludes halogenated alkanes) is 2. The topological polar surface area (TPSA) is 96.7 Å². The summed E-state index contributed by atoms with van der Waals surface area (Å²) >= 11 is 1.92. The summed E-state index contributed by atoms with van der Waals surface area (Å²) in [6, 6.07) is 0.526. The number of nitrogens with zero attached hydrogens (tertiary/aromatic N) is 1. The van der Waals surface area contributed by atoms with E-state index in [4.69, 9.17) is 10.6 Å². The van der Waals surface area contributed by atoms with Gasteiger partial charge in [0.2, 0.25) is 0 Å².